The number of anilines is 1. The molecule has 1 rings (SSSR count). The molecule has 0 radical (unpaired) electrons. The van der Waals surface area contributed by atoms with Crippen LogP contribution in [0.4, 0.5) is 5.82 Å². The second kappa shape index (κ2) is 3.85. The van der Waals surface area contributed by atoms with Crippen LogP contribution >= 0.6 is 22.6 Å². The summed E-state index contributed by atoms with van der Waals surface area (Å²) >= 11 is 2.18. The van der Waals surface area contributed by atoms with E-state index < -0.39 is 0 Å². The van der Waals surface area contributed by atoms with Gasteiger partial charge in [-0.3, -0.25) is 0 Å². The fraction of sp³-hybridized carbons (Fsp3) is 0.429. The molecule has 0 aromatic carbocycles. The third-order valence-electron chi connectivity index (χ3n) is 1.38. The molecule has 1 heterocycles. The molecule has 0 amide bonds. The third kappa shape index (κ3) is 2.02. The maximum atomic E-state index is 5.59. The highest BCUT2D eigenvalue weighted by Crippen LogP contribution is 2.15. The average Bonchev–Trinajstić information content (AvgIpc) is 1.99. The Kier molecular flexibility index (Phi) is 3.04. The smallest absolute Gasteiger partial charge is 0.140 e. The van der Waals surface area contributed by atoms with Gasteiger partial charge in [-0.25, -0.2) is 9.97 Å². The molecule has 0 atom stereocenters. The van der Waals surface area contributed by atoms with Gasteiger partial charge in [-0.1, -0.05) is 13.3 Å². The second-order valence-corrected chi connectivity index (χ2v) is 3.35. The van der Waals surface area contributed by atoms with E-state index >= 15 is 0 Å². The molecule has 0 aliphatic heterocycles. The summed E-state index contributed by atoms with van der Waals surface area (Å²) in [7, 11) is 0. The normalized spacial score (nSPS) is 10.0. The van der Waals surface area contributed by atoms with Gasteiger partial charge in [0, 0.05) is 0 Å². The zero-order chi connectivity index (χ0) is 8.27. The minimum atomic E-state index is 0.587. The van der Waals surface area contributed by atoms with Gasteiger partial charge in [0.25, 0.3) is 0 Å². The molecule has 11 heavy (non-hydrogen) atoms. The van der Waals surface area contributed by atoms with E-state index in [9.17, 15) is 0 Å². The van der Waals surface area contributed by atoms with Gasteiger partial charge in [0.2, 0.25) is 0 Å². The van der Waals surface area contributed by atoms with Crippen molar-refractivity contribution in [3.63, 3.8) is 0 Å². The Morgan fingerprint density at radius 2 is 2.27 bits per heavy atom. The van der Waals surface area contributed by atoms with E-state index in [2.05, 4.69) is 39.5 Å². The SMILES string of the molecule is CCCc1ncnc(N)c1I. The van der Waals surface area contributed by atoms with Gasteiger partial charge < -0.3 is 5.73 Å². The summed E-state index contributed by atoms with van der Waals surface area (Å²) in [4.78, 5) is 8.01. The lowest BCUT2D eigenvalue weighted by atomic mass is 10.2. The first-order valence-electron chi connectivity index (χ1n) is 3.50. The van der Waals surface area contributed by atoms with Gasteiger partial charge in [-0.2, -0.15) is 0 Å². The summed E-state index contributed by atoms with van der Waals surface area (Å²) in [6.07, 6.45) is 3.58. The fourth-order valence-corrected chi connectivity index (χ4v) is 1.38. The molecule has 0 saturated carbocycles. The quantitative estimate of drug-likeness (QED) is 0.825. The Labute approximate surface area is 79.6 Å². The van der Waals surface area contributed by atoms with Crippen LogP contribution in [0.15, 0.2) is 6.33 Å². The number of rotatable bonds is 2. The van der Waals surface area contributed by atoms with Gasteiger partial charge in [-0.05, 0) is 29.0 Å². The fourth-order valence-electron chi connectivity index (χ4n) is 0.833. The number of hydrogen-bond donors (Lipinski definition) is 1. The van der Waals surface area contributed by atoms with Crippen molar-refractivity contribution >= 4 is 28.4 Å². The molecule has 0 fully saturated rings. The van der Waals surface area contributed by atoms with Crippen molar-refractivity contribution in [1.29, 1.82) is 0 Å². The van der Waals surface area contributed by atoms with E-state index in [-0.39, 0.29) is 0 Å². The van der Waals surface area contributed by atoms with Crippen molar-refractivity contribution in [1.82, 2.24) is 9.97 Å². The Hall–Kier alpha value is -0.390. The van der Waals surface area contributed by atoms with Crippen LogP contribution in [0.2, 0.25) is 0 Å². The van der Waals surface area contributed by atoms with Crippen molar-refractivity contribution in [2.24, 2.45) is 0 Å². The Bertz CT molecular complexity index is 249. The van der Waals surface area contributed by atoms with Crippen LogP contribution in [0.5, 0.6) is 0 Å². The number of hydrogen-bond acceptors (Lipinski definition) is 3. The maximum Gasteiger partial charge on any atom is 0.140 e. The van der Waals surface area contributed by atoms with Crippen LogP contribution in [0.3, 0.4) is 0 Å². The molecule has 4 heteroatoms. The van der Waals surface area contributed by atoms with Gasteiger partial charge >= 0.3 is 0 Å². The van der Waals surface area contributed by atoms with Gasteiger partial charge in [0.05, 0.1) is 9.26 Å². The van der Waals surface area contributed by atoms with Crippen LogP contribution in [-0.2, 0) is 6.42 Å². The highest BCUT2D eigenvalue weighted by atomic mass is 127. The van der Waals surface area contributed by atoms with Gasteiger partial charge in [0.15, 0.2) is 0 Å². The van der Waals surface area contributed by atoms with Crippen molar-refractivity contribution in [3.8, 4) is 0 Å². The monoisotopic (exact) mass is 263 g/mol. The second-order valence-electron chi connectivity index (χ2n) is 2.27. The predicted octanol–water partition coefficient (Wildman–Crippen LogP) is 1.62. The predicted molar refractivity (Wildman–Crippen MR) is 53.2 cm³/mol. The standard InChI is InChI=1S/C7H10IN3/c1-2-3-5-6(8)7(9)11-4-10-5/h4H,2-3H2,1H3,(H2,9,10,11). The van der Waals surface area contributed by atoms with Crippen molar-refractivity contribution in [2.45, 2.75) is 19.8 Å². The molecule has 1 aromatic rings. The zero-order valence-electron chi connectivity index (χ0n) is 6.34. The molecule has 0 spiro atoms. The summed E-state index contributed by atoms with van der Waals surface area (Å²) in [5, 5.41) is 0. The molecule has 60 valence electrons. The first kappa shape index (κ1) is 8.70. The van der Waals surface area contributed by atoms with E-state index in [1.807, 2.05) is 0 Å². The van der Waals surface area contributed by atoms with Crippen LogP contribution in [-0.4, -0.2) is 9.97 Å². The van der Waals surface area contributed by atoms with E-state index in [0.717, 1.165) is 22.1 Å². The van der Waals surface area contributed by atoms with Crippen molar-refractivity contribution < 1.29 is 0 Å². The lowest BCUT2D eigenvalue weighted by Gasteiger charge is -2.01. The van der Waals surface area contributed by atoms with Crippen LogP contribution in [0, 0.1) is 3.57 Å². The molecule has 1 aromatic heterocycles. The maximum absolute atomic E-state index is 5.59. The minimum absolute atomic E-state index is 0.587. The highest BCUT2D eigenvalue weighted by molar-refractivity contribution is 14.1. The lowest BCUT2D eigenvalue weighted by molar-refractivity contribution is 0.866. The summed E-state index contributed by atoms with van der Waals surface area (Å²) in [5.74, 6) is 0.587. The molecule has 3 nitrogen and oxygen atoms in total. The Morgan fingerprint density at radius 3 is 2.91 bits per heavy atom. The van der Waals surface area contributed by atoms with E-state index in [4.69, 9.17) is 5.73 Å². The molecule has 0 aliphatic carbocycles. The van der Waals surface area contributed by atoms with E-state index in [1.165, 1.54) is 6.33 Å². The number of nitrogens with two attached hydrogens (primary N) is 1. The largest absolute Gasteiger partial charge is 0.383 e. The van der Waals surface area contributed by atoms with E-state index in [0.29, 0.717) is 5.82 Å². The lowest BCUT2D eigenvalue weighted by Crippen LogP contribution is -2.01. The minimum Gasteiger partial charge on any atom is -0.383 e. The molecule has 0 unspecified atom stereocenters. The van der Waals surface area contributed by atoms with Crippen molar-refractivity contribution in [2.75, 3.05) is 5.73 Å². The molecule has 0 aliphatic rings. The molecule has 0 saturated heterocycles. The van der Waals surface area contributed by atoms with Gasteiger partial charge in [-0.15, -0.1) is 0 Å². The summed E-state index contributed by atoms with van der Waals surface area (Å²) in [6, 6.07) is 0. The number of nitrogen functional groups attached to an aromatic ring is 1. The number of halogens is 1. The highest BCUT2D eigenvalue weighted by Gasteiger charge is 2.03. The Morgan fingerprint density at radius 1 is 1.55 bits per heavy atom. The zero-order valence-corrected chi connectivity index (χ0v) is 8.50. The number of aryl methyl sites for hydroxylation is 1. The van der Waals surface area contributed by atoms with Crippen LogP contribution < -0.4 is 5.73 Å². The van der Waals surface area contributed by atoms with Crippen LogP contribution in [0.25, 0.3) is 0 Å². The first-order chi connectivity index (χ1) is 5.25. The average molecular weight is 263 g/mol. The van der Waals surface area contributed by atoms with Crippen LogP contribution in [0.1, 0.15) is 19.0 Å². The third-order valence-corrected chi connectivity index (χ3v) is 2.55. The Balaban J connectivity index is 2.96. The molecule has 0 bridgehead atoms. The summed E-state index contributed by atoms with van der Waals surface area (Å²) in [6.45, 7) is 2.12. The molecular formula is C7H10IN3. The number of nitrogens with zero attached hydrogens (tertiary/aromatic N) is 2. The number of aromatic nitrogens is 2. The summed E-state index contributed by atoms with van der Waals surface area (Å²) < 4.78 is 0.993. The summed E-state index contributed by atoms with van der Waals surface area (Å²) in [5.41, 5.74) is 6.65. The first-order valence-corrected chi connectivity index (χ1v) is 4.58. The molecular weight excluding hydrogens is 253 g/mol. The van der Waals surface area contributed by atoms with E-state index in [1.54, 1.807) is 0 Å². The molecule has 2 N–H and O–H groups in total. The van der Waals surface area contributed by atoms with Crippen molar-refractivity contribution in [3.05, 3.63) is 15.6 Å². The topological polar surface area (TPSA) is 51.8 Å². The van der Waals surface area contributed by atoms with Gasteiger partial charge in [0.1, 0.15) is 12.1 Å².